The molecule has 38 heavy (non-hydrogen) atoms. The van der Waals surface area contributed by atoms with Crippen molar-refractivity contribution >= 4 is 28.2 Å². The number of nitrogens with zero attached hydrogens (tertiary/aromatic N) is 5. The van der Waals surface area contributed by atoms with Crippen molar-refractivity contribution in [1.82, 2.24) is 15.0 Å². The van der Waals surface area contributed by atoms with Crippen molar-refractivity contribution in [3.8, 4) is 11.1 Å². The van der Waals surface area contributed by atoms with Crippen LogP contribution in [0.3, 0.4) is 0 Å². The summed E-state index contributed by atoms with van der Waals surface area (Å²) >= 11 is 0. The van der Waals surface area contributed by atoms with E-state index < -0.39 is 0 Å². The Morgan fingerprint density at radius 2 is 1.34 bits per heavy atom. The molecule has 1 aliphatic heterocycles. The topological polar surface area (TPSA) is 57.2 Å². The maximum atomic E-state index is 4.94. The zero-order valence-corrected chi connectivity index (χ0v) is 22.3. The fourth-order valence-electron chi connectivity index (χ4n) is 4.72. The summed E-state index contributed by atoms with van der Waals surface area (Å²) in [5.41, 5.74) is 9.18. The maximum Gasteiger partial charge on any atom is 0.147 e. The minimum absolute atomic E-state index is 0.921. The van der Waals surface area contributed by atoms with E-state index in [1.165, 1.54) is 22.4 Å². The van der Waals surface area contributed by atoms with Gasteiger partial charge < -0.3 is 15.1 Å². The molecule has 1 fully saturated rings. The molecule has 1 N–H and O–H groups in total. The quantitative estimate of drug-likeness (QED) is 0.308. The Kier molecular flexibility index (Phi) is 7.78. The highest BCUT2D eigenvalue weighted by atomic mass is 15.3. The van der Waals surface area contributed by atoms with Gasteiger partial charge in [-0.2, -0.15) is 0 Å². The zero-order chi connectivity index (χ0) is 26.3. The summed E-state index contributed by atoms with van der Waals surface area (Å²) in [5, 5.41) is 3.16. The van der Waals surface area contributed by atoms with Crippen LogP contribution in [0.2, 0.25) is 0 Å². The molecule has 6 rings (SSSR count). The number of rotatable bonds is 4. The number of anilines is 3. The first-order valence-corrected chi connectivity index (χ1v) is 13.1. The summed E-state index contributed by atoms with van der Waals surface area (Å²) < 4.78 is 0. The van der Waals surface area contributed by atoms with Crippen LogP contribution in [0.4, 0.5) is 17.2 Å². The van der Waals surface area contributed by atoms with Crippen molar-refractivity contribution in [2.24, 2.45) is 0 Å². The van der Waals surface area contributed by atoms with E-state index >= 15 is 0 Å². The third-order valence-corrected chi connectivity index (χ3v) is 6.84. The van der Waals surface area contributed by atoms with E-state index in [4.69, 9.17) is 4.98 Å². The van der Waals surface area contributed by atoms with Gasteiger partial charge in [0.15, 0.2) is 0 Å². The first-order chi connectivity index (χ1) is 18.6. The lowest BCUT2D eigenvalue weighted by Gasteiger charge is -2.36. The molecule has 3 aromatic carbocycles. The van der Waals surface area contributed by atoms with Gasteiger partial charge >= 0.3 is 0 Å². The molecule has 1 aliphatic rings. The maximum absolute atomic E-state index is 4.94. The number of pyridine rings is 1. The molecule has 0 spiro atoms. The summed E-state index contributed by atoms with van der Waals surface area (Å²) in [5.74, 6) is 0.944. The van der Waals surface area contributed by atoms with Crippen molar-refractivity contribution in [2.75, 3.05) is 48.3 Å². The lowest BCUT2D eigenvalue weighted by Crippen LogP contribution is -2.46. The SMILES string of the molecule is CNc1ccc(-c2ccc3ncc(N4CCN(c5ccncc5)CC4)nc3c2)cc1.Cc1cccc(C)c1. The molecule has 2 aromatic heterocycles. The van der Waals surface area contributed by atoms with Crippen molar-refractivity contribution < 1.29 is 0 Å². The Labute approximate surface area is 225 Å². The van der Waals surface area contributed by atoms with E-state index in [0.29, 0.717) is 0 Å². The Balaban J connectivity index is 0.000000316. The predicted octanol–water partition coefficient (Wildman–Crippen LogP) is 6.36. The third kappa shape index (κ3) is 6.09. The number of aryl methyl sites for hydroxylation is 2. The van der Waals surface area contributed by atoms with E-state index in [9.17, 15) is 0 Å². The minimum atomic E-state index is 0.921. The molecular weight excluding hydrogens is 468 g/mol. The molecule has 0 unspecified atom stereocenters. The van der Waals surface area contributed by atoms with E-state index in [0.717, 1.165) is 54.3 Å². The van der Waals surface area contributed by atoms with Gasteiger partial charge in [0.1, 0.15) is 5.82 Å². The summed E-state index contributed by atoms with van der Waals surface area (Å²) in [6.07, 6.45) is 5.59. The van der Waals surface area contributed by atoms with Crippen LogP contribution in [-0.4, -0.2) is 48.2 Å². The van der Waals surface area contributed by atoms with Gasteiger partial charge in [0.2, 0.25) is 0 Å². The lowest BCUT2D eigenvalue weighted by molar-refractivity contribution is 0.647. The lowest BCUT2D eigenvalue weighted by atomic mass is 10.0. The highest BCUT2D eigenvalue weighted by molar-refractivity contribution is 5.82. The standard InChI is InChI=1S/C24H24N6.C8H10/c1-25-20-5-2-18(3-6-20)19-4-7-22-23(16-19)28-24(17-27-22)30-14-12-29(13-15-30)21-8-10-26-11-9-21;1-7-4-3-5-8(2)6-7/h2-11,16-17,25H,12-15H2,1H3;3-6H,1-2H3. The monoisotopic (exact) mass is 502 g/mol. The van der Waals surface area contributed by atoms with Gasteiger partial charge in [-0.1, -0.05) is 53.6 Å². The van der Waals surface area contributed by atoms with Crippen LogP contribution in [0.1, 0.15) is 11.1 Å². The molecule has 0 radical (unpaired) electrons. The second-order valence-corrected chi connectivity index (χ2v) is 9.60. The third-order valence-electron chi connectivity index (χ3n) is 6.84. The van der Waals surface area contributed by atoms with Gasteiger partial charge in [-0.25, -0.2) is 4.98 Å². The first kappa shape index (κ1) is 25.2. The first-order valence-electron chi connectivity index (χ1n) is 13.1. The minimum Gasteiger partial charge on any atom is -0.388 e. The number of benzene rings is 3. The van der Waals surface area contributed by atoms with Crippen LogP contribution in [0.15, 0.2) is 97.5 Å². The van der Waals surface area contributed by atoms with E-state index in [-0.39, 0.29) is 0 Å². The van der Waals surface area contributed by atoms with Crippen LogP contribution in [0, 0.1) is 13.8 Å². The average molecular weight is 503 g/mol. The van der Waals surface area contributed by atoms with Gasteiger partial charge in [-0.3, -0.25) is 9.97 Å². The van der Waals surface area contributed by atoms with Crippen molar-refractivity contribution in [1.29, 1.82) is 0 Å². The van der Waals surface area contributed by atoms with Crippen molar-refractivity contribution in [3.05, 3.63) is 109 Å². The van der Waals surface area contributed by atoms with E-state index in [2.05, 4.69) is 118 Å². The summed E-state index contributed by atoms with van der Waals surface area (Å²) in [6.45, 7) is 7.98. The molecule has 0 bridgehead atoms. The molecular formula is C32H34N6. The molecule has 1 saturated heterocycles. The summed E-state index contributed by atoms with van der Waals surface area (Å²) in [7, 11) is 1.93. The molecule has 0 saturated carbocycles. The molecule has 3 heterocycles. The molecule has 5 aromatic rings. The second-order valence-electron chi connectivity index (χ2n) is 9.60. The number of hydrogen-bond donors (Lipinski definition) is 1. The Bertz CT molecular complexity index is 1460. The fourth-order valence-corrected chi connectivity index (χ4v) is 4.72. The fraction of sp³-hybridized carbons (Fsp3) is 0.219. The Morgan fingerprint density at radius 1 is 0.684 bits per heavy atom. The molecule has 6 heteroatoms. The van der Waals surface area contributed by atoms with Gasteiger partial charge in [0.05, 0.1) is 17.2 Å². The van der Waals surface area contributed by atoms with Crippen molar-refractivity contribution in [2.45, 2.75) is 13.8 Å². The summed E-state index contributed by atoms with van der Waals surface area (Å²) in [6, 6.07) is 27.3. The van der Waals surface area contributed by atoms with Crippen LogP contribution in [0.5, 0.6) is 0 Å². The number of aromatic nitrogens is 3. The largest absolute Gasteiger partial charge is 0.388 e. The number of fused-ring (bicyclic) bond motifs is 1. The number of piperazine rings is 1. The second kappa shape index (κ2) is 11.7. The molecule has 6 nitrogen and oxygen atoms in total. The van der Waals surface area contributed by atoms with Crippen LogP contribution in [-0.2, 0) is 0 Å². The smallest absolute Gasteiger partial charge is 0.147 e. The molecule has 0 amide bonds. The Hall–Kier alpha value is -4.45. The van der Waals surface area contributed by atoms with E-state index in [1.54, 1.807) is 0 Å². The van der Waals surface area contributed by atoms with Crippen LogP contribution < -0.4 is 15.1 Å². The van der Waals surface area contributed by atoms with Gasteiger partial charge in [-0.15, -0.1) is 0 Å². The molecule has 192 valence electrons. The highest BCUT2D eigenvalue weighted by Crippen LogP contribution is 2.26. The number of hydrogen-bond acceptors (Lipinski definition) is 6. The van der Waals surface area contributed by atoms with Gasteiger partial charge in [0, 0.05) is 57.0 Å². The van der Waals surface area contributed by atoms with Crippen molar-refractivity contribution in [3.63, 3.8) is 0 Å². The normalized spacial score (nSPS) is 13.1. The predicted molar refractivity (Wildman–Crippen MR) is 159 cm³/mol. The number of nitrogens with one attached hydrogen (secondary N) is 1. The highest BCUT2D eigenvalue weighted by Gasteiger charge is 2.19. The van der Waals surface area contributed by atoms with Crippen LogP contribution >= 0.6 is 0 Å². The van der Waals surface area contributed by atoms with Crippen LogP contribution in [0.25, 0.3) is 22.2 Å². The molecule has 0 atom stereocenters. The Morgan fingerprint density at radius 3 is 1.97 bits per heavy atom. The van der Waals surface area contributed by atoms with Gasteiger partial charge in [-0.05, 0) is 61.4 Å². The van der Waals surface area contributed by atoms with E-state index in [1.807, 2.05) is 25.6 Å². The van der Waals surface area contributed by atoms with Gasteiger partial charge in [0.25, 0.3) is 0 Å². The molecule has 0 aliphatic carbocycles. The zero-order valence-electron chi connectivity index (χ0n) is 22.3. The summed E-state index contributed by atoms with van der Waals surface area (Å²) in [4.78, 5) is 18.4. The average Bonchev–Trinajstić information content (AvgIpc) is 2.97.